The van der Waals surface area contributed by atoms with Gasteiger partial charge in [-0.2, -0.15) is 0 Å². The lowest BCUT2D eigenvalue weighted by Crippen LogP contribution is -2.23. The van der Waals surface area contributed by atoms with Crippen molar-refractivity contribution in [2.75, 3.05) is 12.4 Å². The molecule has 0 fully saturated rings. The molecule has 1 amide bonds. The zero-order valence-corrected chi connectivity index (χ0v) is 16.0. The summed E-state index contributed by atoms with van der Waals surface area (Å²) in [6.45, 7) is 1.86. The molecule has 1 N–H and O–H groups in total. The average molecular weight is 385 g/mol. The standard InChI is InChI=1S/C23H19N3O3/c1-15-7-5-12-21(24-15)25-22(27)20-14-26(16-8-6-9-17(13-16)29-2)23(28)19-11-4-3-10-18(19)20/h3-14H,1-2H3,(H,24,25,27). The number of hydrogen-bond acceptors (Lipinski definition) is 4. The van der Waals surface area contributed by atoms with E-state index < -0.39 is 0 Å². The van der Waals surface area contributed by atoms with Crippen molar-refractivity contribution in [2.45, 2.75) is 6.92 Å². The molecule has 2 aromatic carbocycles. The van der Waals surface area contributed by atoms with Crippen LogP contribution in [-0.2, 0) is 0 Å². The summed E-state index contributed by atoms with van der Waals surface area (Å²) in [4.78, 5) is 30.5. The van der Waals surface area contributed by atoms with Crippen molar-refractivity contribution in [3.8, 4) is 11.4 Å². The number of carbonyl (C=O) groups excluding carboxylic acids is 1. The smallest absolute Gasteiger partial charge is 0.262 e. The largest absolute Gasteiger partial charge is 0.497 e. The lowest BCUT2D eigenvalue weighted by molar-refractivity contribution is 0.102. The Morgan fingerprint density at radius 2 is 1.76 bits per heavy atom. The summed E-state index contributed by atoms with van der Waals surface area (Å²) in [6.07, 6.45) is 1.56. The lowest BCUT2D eigenvalue weighted by atomic mass is 10.1. The molecule has 4 aromatic rings. The van der Waals surface area contributed by atoms with Crippen LogP contribution in [0.4, 0.5) is 5.82 Å². The van der Waals surface area contributed by atoms with Crippen LogP contribution >= 0.6 is 0 Å². The van der Waals surface area contributed by atoms with E-state index in [1.54, 1.807) is 67.9 Å². The number of amides is 1. The van der Waals surface area contributed by atoms with E-state index in [0.29, 0.717) is 33.6 Å². The van der Waals surface area contributed by atoms with Gasteiger partial charge in [-0.15, -0.1) is 0 Å². The molecule has 0 atom stereocenters. The van der Waals surface area contributed by atoms with Crippen LogP contribution in [0.25, 0.3) is 16.5 Å². The predicted octanol–water partition coefficient (Wildman–Crippen LogP) is 3.96. The van der Waals surface area contributed by atoms with Crippen molar-refractivity contribution in [3.05, 3.63) is 94.5 Å². The number of aryl methyl sites for hydroxylation is 1. The molecule has 0 radical (unpaired) electrons. The van der Waals surface area contributed by atoms with Crippen molar-refractivity contribution in [3.63, 3.8) is 0 Å². The van der Waals surface area contributed by atoms with E-state index in [1.807, 2.05) is 19.1 Å². The Hall–Kier alpha value is -3.93. The van der Waals surface area contributed by atoms with Crippen LogP contribution in [0.1, 0.15) is 16.1 Å². The highest BCUT2D eigenvalue weighted by atomic mass is 16.5. The van der Waals surface area contributed by atoms with Gasteiger partial charge in [-0.3, -0.25) is 14.2 Å². The Morgan fingerprint density at radius 3 is 2.52 bits per heavy atom. The van der Waals surface area contributed by atoms with Gasteiger partial charge in [0.05, 0.1) is 18.4 Å². The minimum absolute atomic E-state index is 0.209. The van der Waals surface area contributed by atoms with Crippen LogP contribution < -0.4 is 15.6 Å². The number of fused-ring (bicyclic) bond motifs is 1. The van der Waals surface area contributed by atoms with E-state index in [4.69, 9.17) is 4.74 Å². The number of aromatic nitrogens is 2. The second-order valence-electron chi connectivity index (χ2n) is 6.58. The molecule has 2 aromatic heterocycles. The van der Waals surface area contributed by atoms with Crippen LogP contribution in [0.3, 0.4) is 0 Å². The predicted molar refractivity (Wildman–Crippen MR) is 113 cm³/mol. The molecule has 0 bridgehead atoms. The molecule has 4 rings (SSSR count). The van der Waals surface area contributed by atoms with E-state index in [-0.39, 0.29) is 11.5 Å². The molecule has 0 saturated heterocycles. The summed E-state index contributed by atoms with van der Waals surface area (Å²) in [7, 11) is 1.57. The van der Waals surface area contributed by atoms with Crippen LogP contribution in [-0.4, -0.2) is 22.6 Å². The number of hydrogen-bond donors (Lipinski definition) is 1. The number of anilines is 1. The average Bonchev–Trinajstić information content (AvgIpc) is 2.74. The number of nitrogens with zero attached hydrogens (tertiary/aromatic N) is 2. The molecule has 6 nitrogen and oxygen atoms in total. The van der Waals surface area contributed by atoms with Gasteiger partial charge < -0.3 is 10.1 Å². The van der Waals surface area contributed by atoms with Gasteiger partial charge in [0.1, 0.15) is 11.6 Å². The maximum absolute atomic E-state index is 13.1. The highest BCUT2D eigenvalue weighted by Gasteiger charge is 2.16. The van der Waals surface area contributed by atoms with E-state index in [1.165, 1.54) is 4.57 Å². The van der Waals surface area contributed by atoms with Crippen LogP contribution in [0.15, 0.2) is 77.7 Å². The summed E-state index contributed by atoms with van der Waals surface area (Å²) in [5.74, 6) is 0.742. The molecule has 0 aliphatic heterocycles. The summed E-state index contributed by atoms with van der Waals surface area (Å²) in [6, 6.07) is 19.6. The minimum Gasteiger partial charge on any atom is -0.497 e. The van der Waals surface area contributed by atoms with Crippen molar-refractivity contribution >= 4 is 22.5 Å². The number of carbonyl (C=O) groups is 1. The van der Waals surface area contributed by atoms with Crippen LogP contribution in [0, 0.1) is 6.92 Å². The van der Waals surface area contributed by atoms with E-state index in [9.17, 15) is 9.59 Å². The van der Waals surface area contributed by atoms with Gasteiger partial charge in [-0.1, -0.05) is 30.3 Å². The van der Waals surface area contributed by atoms with Gasteiger partial charge in [-0.05, 0) is 37.3 Å². The fourth-order valence-corrected chi connectivity index (χ4v) is 3.22. The van der Waals surface area contributed by atoms with Gasteiger partial charge >= 0.3 is 0 Å². The monoisotopic (exact) mass is 385 g/mol. The first-order valence-corrected chi connectivity index (χ1v) is 9.10. The third kappa shape index (κ3) is 3.60. The SMILES string of the molecule is COc1cccc(-n2cc(C(=O)Nc3cccc(C)n3)c3ccccc3c2=O)c1. The molecule has 144 valence electrons. The molecular formula is C23H19N3O3. The number of methoxy groups -OCH3 is 1. The summed E-state index contributed by atoms with van der Waals surface area (Å²) in [5, 5.41) is 3.87. The first-order valence-electron chi connectivity index (χ1n) is 9.10. The second-order valence-corrected chi connectivity index (χ2v) is 6.58. The fraction of sp³-hybridized carbons (Fsp3) is 0.0870. The molecule has 0 aliphatic rings. The van der Waals surface area contributed by atoms with Crippen molar-refractivity contribution in [2.24, 2.45) is 0 Å². The summed E-state index contributed by atoms with van der Waals surface area (Å²) in [5.41, 5.74) is 1.59. The number of benzene rings is 2. The molecule has 6 heteroatoms. The third-order valence-corrected chi connectivity index (χ3v) is 4.63. The fourth-order valence-electron chi connectivity index (χ4n) is 3.22. The summed E-state index contributed by atoms with van der Waals surface area (Å²) < 4.78 is 6.73. The minimum atomic E-state index is -0.337. The normalized spacial score (nSPS) is 10.7. The zero-order chi connectivity index (χ0) is 20.4. The molecule has 0 aliphatic carbocycles. The van der Waals surface area contributed by atoms with Crippen molar-refractivity contribution < 1.29 is 9.53 Å². The molecule has 0 unspecified atom stereocenters. The highest BCUT2D eigenvalue weighted by molar-refractivity contribution is 6.12. The van der Waals surface area contributed by atoms with Gasteiger partial charge in [0, 0.05) is 28.7 Å². The topological polar surface area (TPSA) is 73.2 Å². The Bertz CT molecular complexity index is 1280. The van der Waals surface area contributed by atoms with Crippen LogP contribution in [0.2, 0.25) is 0 Å². The van der Waals surface area contributed by atoms with E-state index >= 15 is 0 Å². The van der Waals surface area contributed by atoms with Gasteiger partial charge in [0.25, 0.3) is 11.5 Å². The maximum Gasteiger partial charge on any atom is 0.262 e. The first-order chi connectivity index (χ1) is 14.1. The van der Waals surface area contributed by atoms with Gasteiger partial charge in [0.15, 0.2) is 0 Å². The molecular weight excluding hydrogens is 366 g/mol. The highest BCUT2D eigenvalue weighted by Crippen LogP contribution is 2.21. The number of nitrogens with one attached hydrogen (secondary N) is 1. The summed E-state index contributed by atoms with van der Waals surface area (Å²) >= 11 is 0. The maximum atomic E-state index is 13.1. The third-order valence-electron chi connectivity index (χ3n) is 4.63. The molecule has 0 saturated carbocycles. The Balaban J connectivity index is 1.88. The number of rotatable bonds is 4. The van der Waals surface area contributed by atoms with Crippen molar-refractivity contribution in [1.29, 1.82) is 0 Å². The quantitative estimate of drug-likeness (QED) is 0.577. The second kappa shape index (κ2) is 7.59. The zero-order valence-electron chi connectivity index (χ0n) is 16.0. The van der Waals surface area contributed by atoms with Gasteiger partial charge in [0.2, 0.25) is 0 Å². The molecule has 0 spiro atoms. The van der Waals surface area contributed by atoms with Gasteiger partial charge in [-0.25, -0.2) is 4.98 Å². The molecule has 2 heterocycles. The van der Waals surface area contributed by atoms with E-state index in [2.05, 4.69) is 10.3 Å². The Kier molecular flexibility index (Phi) is 4.83. The number of ether oxygens (including phenoxy) is 1. The lowest BCUT2D eigenvalue weighted by Gasteiger charge is -2.13. The Morgan fingerprint density at radius 1 is 1.00 bits per heavy atom. The van der Waals surface area contributed by atoms with E-state index in [0.717, 1.165) is 5.69 Å². The number of pyridine rings is 2. The van der Waals surface area contributed by atoms with Crippen molar-refractivity contribution in [1.82, 2.24) is 9.55 Å². The van der Waals surface area contributed by atoms with Crippen LogP contribution in [0.5, 0.6) is 5.75 Å². The molecule has 29 heavy (non-hydrogen) atoms. The Labute approximate surface area is 167 Å². The first kappa shape index (κ1) is 18.4.